The van der Waals surface area contributed by atoms with Crippen LogP contribution in [-0.2, 0) is 16.0 Å². The second-order valence-corrected chi connectivity index (χ2v) is 5.25. The van der Waals surface area contributed by atoms with Gasteiger partial charge in [-0.25, -0.2) is 0 Å². The Morgan fingerprint density at radius 2 is 2.05 bits per heavy atom. The number of carbonyl (C=O) groups is 2. The van der Waals surface area contributed by atoms with E-state index in [1.807, 2.05) is 19.9 Å². The van der Waals surface area contributed by atoms with Gasteiger partial charge in [0.1, 0.15) is 0 Å². The highest BCUT2D eigenvalue weighted by Crippen LogP contribution is 2.12. The molecule has 0 heterocycles. The second-order valence-electron chi connectivity index (χ2n) is 5.25. The highest BCUT2D eigenvalue weighted by atomic mass is 16.4. The van der Waals surface area contributed by atoms with Crippen LogP contribution < -0.4 is 11.1 Å². The predicted molar refractivity (Wildman–Crippen MR) is 73.6 cm³/mol. The third-order valence-corrected chi connectivity index (χ3v) is 2.76. The van der Waals surface area contributed by atoms with Gasteiger partial charge in [0.15, 0.2) is 0 Å². The molecule has 1 aromatic rings. The Labute approximate surface area is 112 Å². The van der Waals surface area contributed by atoms with Crippen LogP contribution in [0, 0.1) is 0 Å². The van der Waals surface area contributed by atoms with E-state index >= 15 is 0 Å². The van der Waals surface area contributed by atoms with E-state index in [1.54, 1.807) is 18.2 Å². The summed E-state index contributed by atoms with van der Waals surface area (Å²) >= 11 is 0. The van der Waals surface area contributed by atoms with Crippen molar-refractivity contribution in [2.24, 2.45) is 0 Å². The minimum absolute atomic E-state index is 0.0333. The summed E-state index contributed by atoms with van der Waals surface area (Å²) in [6.07, 6.45) is 0.665. The van der Waals surface area contributed by atoms with Crippen LogP contribution in [0.2, 0.25) is 0 Å². The Balaban J connectivity index is 2.52. The maximum atomic E-state index is 11.9. The number of nitrogen functional groups attached to an aromatic ring is 1. The molecular formula is C14H20N2O3. The lowest BCUT2D eigenvalue weighted by molar-refractivity contribution is -0.137. The summed E-state index contributed by atoms with van der Waals surface area (Å²) in [5.74, 6) is -1.00. The van der Waals surface area contributed by atoms with Crippen molar-refractivity contribution >= 4 is 17.6 Å². The van der Waals surface area contributed by atoms with Gasteiger partial charge in [-0.3, -0.25) is 9.59 Å². The van der Waals surface area contributed by atoms with Crippen molar-refractivity contribution in [1.29, 1.82) is 0 Å². The first kappa shape index (κ1) is 15.0. The molecule has 1 aromatic carbocycles. The number of amides is 1. The van der Waals surface area contributed by atoms with Crippen LogP contribution in [0.3, 0.4) is 0 Å². The highest BCUT2D eigenvalue weighted by molar-refractivity contribution is 5.79. The molecule has 0 aliphatic carbocycles. The van der Waals surface area contributed by atoms with Gasteiger partial charge in [-0.15, -0.1) is 0 Å². The van der Waals surface area contributed by atoms with Crippen molar-refractivity contribution < 1.29 is 14.7 Å². The molecule has 0 saturated carbocycles. The molecular weight excluding hydrogens is 244 g/mol. The van der Waals surface area contributed by atoms with Crippen molar-refractivity contribution in [2.45, 2.75) is 38.6 Å². The minimum Gasteiger partial charge on any atom is -0.481 e. The fourth-order valence-electron chi connectivity index (χ4n) is 1.79. The standard InChI is InChI=1S/C14H20N2O3/c1-14(2,7-6-13(18)19)16-12(17)9-10-4-3-5-11(15)8-10/h3-5,8H,6-7,9,15H2,1-2H3,(H,16,17)(H,18,19). The lowest BCUT2D eigenvalue weighted by atomic mass is 9.98. The van der Waals surface area contributed by atoms with Crippen LogP contribution in [-0.4, -0.2) is 22.5 Å². The van der Waals surface area contributed by atoms with Gasteiger partial charge < -0.3 is 16.2 Å². The topological polar surface area (TPSA) is 92.4 Å². The summed E-state index contributed by atoms with van der Waals surface area (Å²) in [6, 6.07) is 7.15. The van der Waals surface area contributed by atoms with Gasteiger partial charge in [-0.05, 0) is 38.0 Å². The molecule has 0 spiro atoms. The molecule has 0 aromatic heterocycles. The van der Waals surface area contributed by atoms with Crippen molar-refractivity contribution in [3.8, 4) is 0 Å². The van der Waals surface area contributed by atoms with Gasteiger partial charge in [-0.1, -0.05) is 12.1 Å². The first-order chi connectivity index (χ1) is 8.78. The summed E-state index contributed by atoms with van der Waals surface area (Å²) < 4.78 is 0. The molecule has 0 unspecified atom stereocenters. The van der Waals surface area contributed by atoms with Crippen LogP contribution in [0.25, 0.3) is 0 Å². The monoisotopic (exact) mass is 264 g/mol. The van der Waals surface area contributed by atoms with Gasteiger partial charge in [0.05, 0.1) is 6.42 Å². The number of hydrogen-bond acceptors (Lipinski definition) is 3. The van der Waals surface area contributed by atoms with Crippen molar-refractivity contribution in [3.05, 3.63) is 29.8 Å². The van der Waals surface area contributed by atoms with E-state index in [0.29, 0.717) is 12.1 Å². The van der Waals surface area contributed by atoms with Crippen molar-refractivity contribution in [3.63, 3.8) is 0 Å². The quantitative estimate of drug-likeness (QED) is 0.680. The van der Waals surface area contributed by atoms with E-state index in [9.17, 15) is 9.59 Å². The zero-order chi connectivity index (χ0) is 14.5. The first-order valence-corrected chi connectivity index (χ1v) is 6.16. The normalized spacial score (nSPS) is 11.1. The average Bonchev–Trinajstić information content (AvgIpc) is 2.25. The fourth-order valence-corrected chi connectivity index (χ4v) is 1.79. The Morgan fingerprint density at radius 1 is 1.37 bits per heavy atom. The zero-order valence-corrected chi connectivity index (χ0v) is 11.3. The number of carboxylic acids is 1. The Kier molecular flexibility index (Phi) is 4.92. The van der Waals surface area contributed by atoms with Crippen LogP contribution in [0.15, 0.2) is 24.3 Å². The Morgan fingerprint density at radius 3 is 2.63 bits per heavy atom. The van der Waals surface area contributed by atoms with Gasteiger partial charge in [0.2, 0.25) is 5.91 Å². The van der Waals surface area contributed by atoms with E-state index in [1.165, 1.54) is 0 Å². The van der Waals surface area contributed by atoms with E-state index < -0.39 is 11.5 Å². The molecule has 0 radical (unpaired) electrons. The van der Waals surface area contributed by atoms with E-state index in [-0.39, 0.29) is 18.7 Å². The number of carboxylic acid groups (broad SMARTS) is 1. The van der Waals surface area contributed by atoms with Crippen LogP contribution in [0.5, 0.6) is 0 Å². The predicted octanol–water partition coefficient (Wildman–Crippen LogP) is 1.57. The molecule has 1 rings (SSSR count). The van der Waals surface area contributed by atoms with Crippen LogP contribution in [0.1, 0.15) is 32.3 Å². The van der Waals surface area contributed by atoms with Gasteiger partial charge >= 0.3 is 5.97 Å². The Hall–Kier alpha value is -2.04. The molecule has 104 valence electrons. The molecule has 5 heteroatoms. The highest BCUT2D eigenvalue weighted by Gasteiger charge is 2.21. The van der Waals surface area contributed by atoms with Crippen LogP contribution in [0.4, 0.5) is 5.69 Å². The lowest BCUT2D eigenvalue weighted by Crippen LogP contribution is -2.44. The van der Waals surface area contributed by atoms with Crippen molar-refractivity contribution in [2.75, 3.05) is 5.73 Å². The molecule has 0 aliphatic heterocycles. The minimum atomic E-state index is -0.863. The van der Waals surface area contributed by atoms with Gasteiger partial charge in [0, 0.05) is 17.6 Å². The number of nitrogens with one attached hydrogen (secondary N) is 1. The summed E-state index contributed by atoms with van der Waals surface area (Å²) in [7, 11) is 0. The number of rotatable bonds is 6. The number of nitrogens with two attached hydrogens (primary N) is 1. The molecule has 0 saturated heterocycles. The van der Waals surface area contributed by atoms with E-state index in [4.69, 9.17) is 10.8 Å². The molecule has 1 amide bonds. The second kappa shape index (κ2) is 6.22. The molecule has 0 atom stereocenters. The van der Waals surface area contributed by atoms with Crippen molar-refractivity contribution in [1.82, 2.24) is 5.32 Å². The SMILES string of the molecule is CC(C)(CCC(=O)O)NC(=O)Cc1cccc(N)c1. The number of benzene rings is 1. The molecule has 19 heavy (non-hydrogen) atoms. The van der Waals surface area contributed by atoms with E-state index in [0.717, 1.165) is 5.56 Å². The summed E-state index contributed by atoms with van der Waals surface area (Å²) in [5, 5.41) is 11.5. The molecule has 0 bridgehead atoms. The zero-order valence-electron chi connectivity index (χ0n) is 11.3. The molecule has 0 aliphatic rings. The molecule has 4 N–H and O–H groups in total. The first-order valence-electron chi connectivity index (χ1n) is 6.16. The van der Waals surface area contributed by atoms with Gasteiger partial charge in [0.25, 0.3) is 0 Å². The maximum absolute atomic E-state index is 11.9. The van der Waals surface area contributed by atoms with E-state index in [2.05, 4.69) is 5.32 Å². The maximum Gasteiger partial charge on any atom is 0.303 e. The summed E-state index contributed by atoms with van der Waals surface area (Å²) in [4.78, 5) is 22.4. The van der Waals surface area contributed by atoms with Crippen LogP contribution >= 0.6 is 0 Å². The smallest absolute Gasteiger partial charge is 0.303 e. The molecule has 0 fully saturated rings. The number of carbonyl (C=O) groups excluding carboxylic acids is 1. The molecule has 5 nitrogen and oxygen atoms in total. The lowest BCUT2D eigenvalue weighted by Gasteiger charge is -2.25. The van der Waals surface area contributed by atoms with Gasteiger partial charge in [-0.2, -0.15) is 0 Å². The largest absolute Gasteiger partial charge is 0.481 e. The third kappa shape index (κ3) is 5.90. The number of aliphatic carboxylic acids is 1. The average molecular weight is 264 g/mol. The summed E-state index contributed by atoms with van der Waals surface area (Å²) in [5.41, 5.74) is 6.57. The number of anilines is 1. The summed E-state index contributed by atoms with van der Waals surface area (Å²) in [6.45, 7) is 3.63. The Bertz CT molecular complexity index is 470. The number of hydrogen-bond donors (Lipinski definition) is 3. The third-order valence-electron chi connectivity index (χ3n) is 2.76. The fraction of sp³-hybridized carbons (Fsp3) is 0.429.